The van der Waals surface area contributed by atoms with Crippen molar-refractivity contribution in [3.8, 4) is 5.75 Å². The maximum absolute atomic E-state index is 13.2. The molecule has 1 aliphatic rings. The molecule has 4 heteroatoms. The first-order valence-corrected chi connectivity index (χ1v) is 9.42. The fourth-order valence-electron chi connectivity index (χ4n) is 3.47. The van der Waals surface area contributed by atoms with Gasteiger partial charge >= 0.3 is 0 Å². The van der Waals surface area contributed by atoms with Crippen LogP contribution in [-0.2, 0) is 5.66 Å². The number of nitrogens with zero attached hydrogens (tertiary/aromatic N) is 1. The van der Waals surface area contributed by atoms with Crippen molar-refractivity contribution in [2.45, 2.75) is 52.3 Å². The van der Waals surface area contributed by atoms with E-state index in [0.717, 1.165) is 35.4 Å². The van der Waals surface area contributed by atoms with Crippen molar-refractivity contribution in [1.82, 2.24) is 4.90 Å². The van der Waals surface area contributed by atoms with Crippen LogP contribution in [0.15, 0.2) is 48.5 Å². The lowest BCUT2D eigenvalue weighted by Gasteiger charge is -2.47. The Bertz CT molecular complexity index is 787. The van der Waals surface area contributed by atoms with Crippen molar-refractivity contribution in [1.29, 1.82) is 0 Å². The molecule has 0 saturated heterocycles. The largest absolute Gasteiger partial charge is 0.491 e. The molecule has 2 aromatic carbocycles. The average Bonchev–Trinajstić information content (AvgIpc) is 2.61. The molecule has 1 N–H and O–H groups in total. The lowest BCUT2D eigenvalue weighted by atomic mass is 9.93. The van der Waals surface area contributed by atoms with Crippen molar-refractivity contribution in [3.63, 3.8) is 0 Å². The lowest BCUT2D eigenvalue weighted by molar-refractivity contribution is 0.0530. The predicted octanol–water partition coefficient (Wildman–Crippen LogP) is 5.01. The van der Waals surface area contributed by atoms with Crippen LogP contribution in [0.5, 0.6) is 5.75 Å². The number of para-hydroxylation sites is 1. The van der Waals surface area contributed by atoms with Gasteiger partial charge in [0.25, 0.3) is 5.91 Å². The van der Waals surface area contributed by atoms with Crippen LogP contribution < -0.4 is 10.1 Å². The molecular formula is C22H28N2O2. The minimum atomic E-state index is -0.614. The van der Waals surface area contributed by atoms with E-state index in [0.29, 0.717) is 6.54 Å². The van der Waals surface area contributed by atoms with Gasteiger partial charge in [-0.05, 0) is 51.5 Å². The fraction of sp³-hybridized carbons (Fsp3) is 0.409. The molecule has 0 spiro atoms. The van der Waals surface area contributed by atoms with Gasteiger partial charge in [0.05, 0.1) is 11.7 Å². The molecule has 0 fully saturated rings. The third-order valence-electron chi connectivity index (χ3n) is 4.82. The zero-order valence-corrected chi connectivity index (χ0v) is 16.1. The number of benzene rings is 2. The molecule has 3 rings (SSSR count). The number of carbonyl (C=O) groups excluding carboxylic acids is 1. The van der Waals surface area contributed by atoms with Crippen LogP contribution in [0.1, 0.15) is 56.5 Å². The van der Waals surface area contributed by atoms with Gasteiger partial charge in [-0.3, -0.25) is 4.79 Å². The highest BCUT2D eigenvalue weighted by atomic mass is 16.5. The van der Waals surface area contributed by atoms with Gasteiger partial charge in [-0.2, -0.15) is 0 Å². The van der Waals surface area contributed by atoms with Crippen LogP contribution in [0.3, 0.4) is 0 Å². The van der Waals surface area contributed by atoms with Gasteiger partial charge in [0.1, 0.15) is 11.4 Å². The number of amides is 1. The molecule has 1 heterocycles. The number of hydrogen-bond acceptors (Lipinski definition) is 3. The van der Waals surface area contributed by atoms with Crippen LogP contribution in [0.2, 0.25) is 0 Å². The monoisotopic (exact) mass is 352 g/mol. The standard InChI is InChI=1S/C22H28N2O2/c1-5-6-14-24-21(25)19-12-7-8-13-20(19)23-22(24,4)17-10-9-11-18(15-17)26-16(2)3/h7-13,15-16,23H,5-6,14H2,1-4H3. The summed E-state index contributed by atoms with van der Waals surface area (Å²) in [7, 11) is 0. The first kappa shape index (κ1) is 18.3. The van der Waals surface area contributed by atoms with E-state index in [-0.39, 0.29) is 12.0 Å². The molecule has 1 amide bonds. The highest BCUT2D eigenvalue weighted by Crippen LogP contribution is 2.38. The summed E-state index contributed by atoms with van der Waals surface area (Å²) < 4.78 is 5.87. The zero-order valence-electron chi connectivity index (χ0n) is 16.1. The van der Waals surface area contributed by atoms with E-state index in [1.54, 1.807) is 0 Å². The van der Waals surface area contributed by atoms with Crippen LogP contribution >= 0.6 is 0 Å². The Morgan fingerprint density at radius 1 is 1.15 bits per heavy atom. The van der Waals surface area contributed by atoms with Gasteiger partial charge in [-0.25, -0.2) is 0 Å². The van der Waals surface area contributed by atoms with Gasteiger partial charge < -0.3 is 15.0 Å². The maximum Gasteiger partial charge on any atom is 0.258 e. The molecule has 1 aliphatic heterocycles. The Hall–Kier alpha value is -2.49. The normalized spacial score (nSPS) is 19.3. The second-order valence-electron chi connectivity index (χ2n) is 7.25. The predicted molar refractivity (Wildman–Crippen MR) is 106 cm³/mol. The summed E-state index contributed by atoms with van der Waals surface area (Å²) in [6.45, 7) is 8.96. The second kappa shape index (κ2) is 7.40. The molecule has 1 unspecified atom stereocenters. The van der Waals surface area contributed by atoms with Gasteiger partial charge in [-0.1, -0.05) is 37.6 Å². The van der Waals surface area contributed by atoms with E-state index >= 15 is 0 Å². The summed E-state index contributed by atoms with van der Waals surface area (Å²) in [6, 6.07) is 15.8. The minimum absolute atomic E-state index is 0.0745. The topological polar surface area (TPSA) is 41.6 Å². The molecular weight excluding hydrogens is 324 g/mol. The van der Waals surface area contributed by atoms with Crippen molar-refractivity contribution < 1.29 is 9.53 Å². The van der Waals surface area contributed by atoms with E-state index in [4.69, 9.17) is 4.74 Å². The van der Waals surface area contributed by atoms with E-state index in [1.807, 2.05) is 61.2 Å². The third kappa shape index (κ3) is 3.41. The van der Waals surface area contributed by atoms with E-state index < -0.39 is 5.66 Å². The number of hydrogen-bond donors (Lipinski definition) is 1. The molecule has 0 aliphatic carbocycles. The Balaban J connectivity index is 2.05. The lowest BCUT2D eigenvalue weighted by Crippen LogP contribution is -2.56. The van der Waals surface area contributed by atoms with Crippen molar-refractivity contribution in [2.24, 2.45) is 0 Å². The molecule has 0 bridgehead atoms. The smallest absolute Gasteiger partial charge is 0.258 e. The number of anilines is 1. The SMILES string of the molecule is CCCCN1C(=O)c2ccccc2NC1(C)c1cccc(OC(C)C)c1. The zero-order chi connectivity index (χ0) is 18.7. The highest BCUT2D eigenvalue weighted by Gasteiger charge is 2.42. The Labute approximate surface area is 156 Å². The van der Waals surface area contributed by atoms with Crippen LogP contribution in [0, 0.1) is 0 Å². The molecule has 0 radical (unpaired) electrons. The number of rotatable bonds is 6. The molecule has 26 heavy (non-hydrogen) atoms. The van der Waals surface area contributed by atoms with Gasteiger partial charge in [0.15, 0.2) is 0 Å². The number of ether oxygens (including phenoxy) is 1. The summed E-state index contributed by atoms with van der Waals surface area (Å²) in [5.74, 6) is 0.896. The van der Waals surface area contributed by atoms with Gasteiger partial charge in [0, 0.05) is 17.8 Å². The van der Waals surface area contributed by atoms with Crippen LogP contribution in [-0.4, -0.2) is 23.5 Å². The second-order valence-corrected chi connectivity index (χ2v) is 7.25. The summed E-state index contributed by atoms with van der Waals surface area (Å²) in [5, 5.41) is 3.61. The first-order chi connectivity index (χ1) is 12.5. The average molecular weight is 352 g/mol. The number of carbonyl (C=O) groups is 1. The Kier molecular flexibility index (Phi) is 5.21. The summed E-state index contributed by atoms with van der Waals surface area (Å²) in [4.78, 5) is 15.2. The van der Waals surface area contributed by atoms with Gasteiger partial charge in [-0.15, -0.1) is 0 Å². The quantitative estimate of drug-likeness (QED) is 0.794. The maximum atomic E-state index is 13.2. The molecule has 0 aromatic heterocycles. The van der Waals surface area contributed by atoms with E-state index in [9.17, 15) is 4.79 Å². The summed E-state index contributed by atoms with van der Waals surface area (Å²) in [5.41, 5.74) is 2.02. The van der Waals surface area contributed by atoms with Crippen molar-refractivity contribution >= 4 is 11.6 Å². The molecule has 138 valence electrons. The van der Waals surface area contributed by atoms with Crippen LogP contribution in [0.4, 0.5) is 5.69 Å². The first-order valence-electron chi connectivity index (χ1n) is 9.42. The number of unbranched alkanes of at least 4 members (excludes halogenated alkanes) is 1. The minimum Gasteiger partial charge on any atom is -0.491 e. The van der Waals surface area contributed by atoms with E-state index in [2.05, 4.69) is 25.2 Å². The van der Waals surface area contributed by atoms with E-state index in [1.165, 1.54) is 0 Å². The molecule has 0 saturated carbocycles. The Morgan fingerprint density at radius 3 is 2.65 bits per heavy atom. The van der Waals surface area contributed by atoms with Crippen molar-refractivity contribution in [3.05, 3.63) is 59.7 Å². The Morgan fingerprint density at radius 2 is 1.92 bits per heavy atom. The van der Waals surface area contributed by atoms with Crippen molar-refractivity contribution in [2.75, 3.05) is 11.9 Å². The molecule has 2 aromatic rings. The molecule has 4 nitrogen and oxygen atoms in total. The number of fused-ring (bicyclic) bond motifs is 1. The van der Waals surface area contributed by atoms with Gasteiger partial charge in [0.2, 0.25) is 0 Å². The fourth-order valence-corrected chi connectivity index (χ4v) is 3.47. The summed E-state index contributed by atoms with van der Waals surface area (Å²) >= 11 is 0. The number of nitrogens with one attached hydrogen (secondary N) is 1. The summed E-state index contributed by atoms with van der Waals surface area (Å²) in [6.07, 6.45) is 2.11. The highest BCUT2D eigenvalue weighted by molar-refractivity contribution is 6.02. The third-order valence-corrected chi connectivity index (χ3v) is 4.82. The molecule has 1 atom stereocenters. The van der Waals surface area contributed by atoms with Crippen LogP contribution in [0.25, 0.3) is 0 Å².